The van der Waals surface area contributed by atoms with Crippen LogP contribution >= 0.6 is 0 Å². The molecule has 0 aliphatic carbocycles. The lowest BCUT2D eigenvalue weighted by atomic mass is 10.1. The highest BCUT2D eigenvalue weighted by molar-refractivity contribution is 5.40. The van der Waals surface area contributed by atoms with Gasteiger partial charge in [0.1, 0.15) is 5.75 Å². The number of nitro benzene ring substituents is 1. The summed E-state index contributed by atoms with van der Waals surface area (Å²) in [6.07, 6.45) is 0.518. The number of para-hydroxylation sites is 1. The van der Waals surface area contributed by atoms with Crippen molar-refractivity contribution in [3.63, 3.8) is 0 Å². The van der Waals surface area contributed by atoms with Crippen molar-refractivity contribution >= 4 is 5.69 Å². The van der Waals surface area contributed by atoms with Gasteiger partial charge in [0.05, 0.1) is 11.5 Å². The SMILES string of the molecule is Cc1cccc(OCCc2ccccc2[N+](=O)[O-])c1C. The first kappa shape index (κ1) is 14.1. The van der Waals surface area contributed by atoms with Crippen LogP contribution in [0.3, 0.4) is 0 Å². The molecule has 0 aliphatic heterocycles. The number of hydrogen-bond donors (Lipinski definition) is 0. The van der Waals surface area contributed by atoms with Gasteiger partial charge in [0.25, 0.3) is 5.69 Å². The van der Waals surface area contributed by atoms with Gasteiger partial charge in [-0.1, -0.05) is 30.3 Å². The fraction of sp³-hybridized carbons (Fsp3) is 0.250. The molecule has 2 aromatic rings. The Morgan fingerprint density at radius 2 is 1.85 bits per heavy atom. The number of hydrogen-bond acceptors (Lipinski definition) is 3. The van der Waals surface area contributed by atoms with Gasteiger partial charge in [-0.2, -0.15) is 0 Å². The van der Waals surface area contributed by atoms with Crippen LogP contribution < -0.4 is 4.74 Å². The smallest absolute Gasteiger partial charge is 0.272 e. The summed E-state index contributed by atoms with van der Waals surface area (Å²) in [6.45, 7) is 4.47. The maximum absolute atomic E-state index is 10.9. The van der Waals surface area contributed by atoms with Gasteiger partial charge in [0.15, 0.2) is 0 Å². The molecule has 0 saturated carbocycles. The molecule has 0 spiro atoms. The van der Waals surface area contributed by atoms with E-state index in [-0.39, 0.29) is 10.6 Å². The number of nitrogens with zero attached hydrogens (tertiary/aromatic N) is 1. The van der Waals surface area contributed by atoms with E-state index < -0.39 is 0 Å². The molecule has 0 unspecified atom stereocenters. The standard InChI is InChI=1S/C16H17NO3/c1-12-6-5-9-16(13(12)2)20-11-10-14-7-3-4-8-15(14)17(18)19/h3-9H,10-11H2,1-2H3. The van der Waals surface area contributed by atoms with E-state index in [1.807, 2.05) is 32.0 Å². The molecule has 0 atom stereocenters. The second-order valence-corrected chi connectivity index (χ2v) is 4.68. The van der Waals surface area contributed by atoms with Crippen LogP contribution in [-0.4, -0.2) is 11.5 Å². The second-order valence-electron chi connectivity index (χ2n) is 4.68. The third-order valence-electron chi connectivity index (χ3n) is 3.37. The van der Waals surface area contributed by atoms with E-state index in [9.17, 15) is 10.1 Å². The van der Waals surface area contributed by atoms with Gasteiger partial charge in [0, 0.05) is 18.1 Å². The lowest BCUT2D eigenvalue weighted by Crippen LogP contribution is -2.05. The van der Waals surface area contributed by atoms with Crippen molar-refractivity contribution in [3.8, 4) is 5.75 Å². The molecule has 20 heavy (non-hydrogen) atoms. The van der Waals surface area contributed by atoms with Gasteiger partial charge >= 0.3 is 0 Å². The summed E-state index contributed by atoms with van der Waals surface area (Å²) in [4.78, 5) is 10.6. The zero-order valence-corrected chi connectivity index (χ0v) is 11.6. The minimum absolute atomic E-state index is 0.150. The number of aryl methyl sites for hydroxylation is 1. The van der Waals surface area contributed by atoms with Crippen LogP contribution in [0.15, 0.2) is 42.5 Å². The number of nitro groups is 1. The van der Waals surface area contributed by atoms with Crippen molar-refractivity contribution in [2.75, 3.05) is 6.61 Å². The summed E-state index contributed by atoms with van der Waals surface area (Å²) in [5.41, 5.74) is 3.13. The first-order valence-corrected chi connectivity index (χ1v) is 6.51. The van der Waals surface area contributed by atoms with Crippen LogP contribution in [0.2, 0.25) is 0 Å². The fourth-order valence-electron chi connectivity index (χ4n) is 2.05. The Balaban J connectivity index is 2.03. The molecular weight excluding hydrogens is 254 g/mol. The molecule has 4 nitrogen and oxygen atoms in total. The zero-order valence-electron chi connectivity index (χ0n) is 11.6. The van der Waals surface area contributed by atoms with E-state index in [0.717, 1.165) is 11.3 Å². The van der Waals surface area contributed by atoms with E-state index in [4.69, 9.17) is 4.74 Å². The average Bonchev–Trinajstić information content (AvgIpc) is 2.44. The van der Waals surface area contributed by atoms with E-state index in [0.29, 0.717) is 18.6 Å². The Morgan fingerprint density at radius 3 is 2.60 bits per heavy atom. The van der Waals surface area contributed by atoms with E-state index in [1.54, 1.807) is 18.2 Å². The van der Waals surface area contributed by atoms with E-state index in [2.05, 4.69) is 0 Å². The summed E-state index contributed by atoms with van der Waals surface area (Å²) in [7, 11) is 0. The molecule has 0 N–H and O–H groups in total. The van der Waals surface area contributed by atoms with Crippen molar-refractivity contribution in [2.24, 2.45) is 0 Å². The van der Waals surface area contributed by atoms with E-state index >= 15 is 0 Å². The Morgan fingerprint density at radius 1 is 1.10 bits per heavy atom. The fourth-order valence-corrected chi connectivity index (χ4v) is 2.05. The van der Waals surface area contributed by atoms with Crippen LogP contribution in [0.25, 0.3) is 0 Å². The summed E-state index contributed by atoms with van der Waals surface area (Å²) in [5.74, 6) is 0.837. The predicted molar refractivity (Wildman–Crippen MR) is 78.2 cm³/mol. The molecule has 0 heterocycles. The van der Waals surface area contributed by atoms with Crippen molar-refractivity contribution < 1.29 is 9.66 Å². The van der Waals surface area contributed by atoms with E-state index in [1.165, 1.54) is 11.6 Å². The van der Waals surface area contributed by atoms with Crippen LogP contribution in [0.4, 0.5) is 5.69 Å². The lowest BCUT2D eigenvalue weighted by Gasteiger charge is -2.10. The monoisotopic (exact) mass is 271 g/mol. The first-order valence-electron chi connectivity index (χ1n) is 6.51. The second kappa shape index (κ2) is 6.19. The van der Waals surface area contributed by atoms with Gasteiger partial charge in [0.2, 0.25) is 0 Å². The zero-order chi connectivity index (χ0) is 14.5. The van der Waals surface area contributed by atoms with Crippen LogP contribution in [0, 0.1) is 24.0 Å². The largest absolute Gasteiger partial charge is 0.493 e. The van der Waals surface area contributed by atoms with Crippen molar-refractivity contribution in [1.82, 2.24) is 0 Å². The number of benzene rings is 2. The third kappa shape index (κ3) is 3.15. The highest BCUT2D eigenvalue weighted by atomic mass is 16.6. The van der Waals surface area contributed by atoms with Gasteiger partial charge in [-0.05, 0) is 31.0 Å². The first-order chi connectivity index (χ1) is 9.59. The quantitative estimate of drug-likeness (QED) is 0.613. The van der Waals surface area contributed by atoms with Gasteiger partial charge in [-0.3, -0.25) is 10.1 Å². The molecule has 0 aromatic heterocycles. The van der Waals surface area contributed by atoms with Crippen LogP contribution in [-0.2, 0) is 6.42 Å². The Kier molecular flexibility index (Phi) is 4.35. The minimum Gasteiger partial charge on any atom is -0.493 e. The molecule has 0 amide bonds. The molecule has 2 aromatic carbocycles. The number of rotatable bonds is 5. The molecule has 0 fully saturated rings. The molecule has 0 radical (unpaired) electrons. The summed E-state index contributed by atoms with van der Waals surface area (Å²) < 4.78 is 5.73. The summed E-state index contributed by atoms with van der Waals surface area (Å²) in [6, 6.07) is 12.7. The van der Waals surface area contributed by atoms with Gasteiger partial charge in [-0.25, -0.2) is 0 Å². The van der Waals surface area contributed by atoms with Gasteiger partial charge in [-0.15, -0.1) is 0 Å². The Bertz CT molecular complexity index is 623. The topological polar surface area (TPSA) is 52.4 Å². The van der Waals surface area contributed by atoms with Crippen LogP contribution in [0.1, 0.15) is 16.7 Å². The summed E-state index contributed by atoms with van der Waals surface area (Å²) >= 11 is 0. The minimum atomic E-state index is -0.354. The third-order valence-corrected chi connectivity index (χ3v) is 3.37. The molecule has 0 aliphatic rings. The average molecular weight is 271 g/mol. The normalized spacial score (nSPS) is 10.3. The highest BCUT2D eigenvalue weighted by Gasteiger charge is 2.12. The predicted octanol–water partition coefficient (Wildman–Crippen LogP) is 3.83. The maximum Gasteiger partial charge on any atom is 0.272 e. The molecule has 4 heteroatoms. The summed E-state index contributed by atoms with van der Waals surface area (Å²) in [5, 5.41) is 10.9. The number of ether oxygens (including phenoxy) is 1. The van der Waals surface area contributed by atoms with Gasteiger partial charge < -0.3 is 4.74 Å². The maximum atomic E-state index is 10.9. The van der Waals surface area contributed by atoms with Crippen molar-refractivity contribution in [2.45, 2.75) is 20.3 Å². The lowest BCUT2D eigenvalue weighted by molar-refractivity contribution is -0.385. The molecular formula is C16H17NO3. The Labute approximate surface area is 118 Å². The Hall–Kier alpha value is -2.36. The van der Waals surface area contributed by atoms with Crippen molar-refractivity contribution in [1.29, 1.82) is 0 Å². The molecule has 104 valence electrons. The highest BCUT2D eigenvalue weighted by Crippen LogP contribution is 2.22. The van der Waals surface area contributed by atoms with Crippen molar-refractivity contribution in [3.05, 3.63) is 69.3 Å². The molecule has 0 bridgehead atoms. The van der Waals surface area contributed by atoms with Crippen LogP contribution in [0.5, 0.6) is 5.75 Å². The molecule has 0 saturated heterocycles. The molecule has 2 rings (SSSR count).